The fourth-order valence-electron chi connectivity index (χ4n) is 4.70. The number of fused-ring (bicyclic) bond motifs is 1. The van der Waals surface area contributed by atoms with Crippen LogP contribution in [-0.4, -0.2) is 26.0 Å². The van der Waals surface area contributed by atoms with Crippen molar-refractivity contribution in [3.63, 3.8) is 0 Å². The molecule has 2 aliphatic rings. The van der Waals surface area contributed by atoms with E-state index in [-0.39, 0.29) is 11.2 Å². The summed E-state index contributed by atoms with van der Waals surface area (Å²) < 4.78 is 10.4. The Morgan fingerprint density at radius 1 is 1.07 bits per heavy atom. The van der Waals surface area contributed by atoms with Crippen LogP contribution < -0.4 is 10.1 Å². The Balaban J connectivity index is 1.91. The van der Waals surface area contributed by atoms with E-state index in [1.54, 1.807) is 7.11 Å². The summed E-state index contributed by atoms with van der Waals surface area (Å²) in [5.41, 5.74) is 3.64. The number of hydrogen-bond donors (Lipinski definition) is 1. The average Bonchev–Trinajstić information content (AvgIpc) is 2.70. The smallest absolute Gasteiger partial charge is 0.336 e. The fourth-order valence-corrected chi connectivity index (χ4v) is 4.70. The molecule has 0 amide bonds. The molecule has 0 aromatic heterocycles. The predicted octanol–water partition coefficient (Wildman–Crippen LogP) is 4.63. The highest BCUT2D eigenvalue weighted by Gasteiger charge is 2.43. The van der Waals surface area contributed by atoms with Crippen LogP contribution in [0.25, 0.3) is 10.8 Å². The summed E-state index contributed by atoms with van der Waals surface area (Å²) in [5.74, 6) is 0.0214. The number of benzene rings is 2. The number of esters is 1. The highest BCUT2D eigenvalue weighted by molar-refractivity contribution is 6.04. The number of allylic oxidation sites excluding steroid dienone is 3. The van der Waals surface area contributed by atoms with Gasteiger partial charge in [0.2, 0.25) is 0 Å². The van der Waals surface area contributed by atoms with Crippen LogP contribution in [0.15, 0.2) is 58.9 Å². The fraction of sp³-hybridized carbons (Fsp3) is 0.360. The minimum atomic E-state index is -0.441. The molecule has 30 heavy (non-hydrogen) atoms. The summed E-state index contributed by atoms with van der Waals surface area (Å²) in [6.07, 6.45) is 1.23. The van der Waals surface area contributed by atoms with E-state index in [0.29, 0.717) is 17.6 Å². The van der Waals surface area contributed by atoms with Crippen molar-refractivity contribution in [1.82, 2.24) is 5.32 Å². The van der Waals surface area contributed by atoms with E-state index in [1.807, 2.05) is 37.3 Å². The van der Waals surface area contributed by atoms with Gasteiger partial charge < -0.3 is 14.8 Å². The van der Waals surface area contributed by atoms with Gasteiger partial charge in [0, 0.05) is 29.3 Å². The van der Waals surface area contributed by atoms with Crippen LogP contribution in [-0.2, 0) is 14.3 Å². The van der Waals surface area contributed by atoms with Crippen LogP contribution in [0.5, 0.6) is 5.75 Å². The van der Waals surface area contributed by atoms with E-state index in [4.69, 9.17) is 9.47 Å². The summed E-state index contributed by atoms with van der Waals surface area (Å²) in [5, 5.41) is 5.41. The van der Waals surface area contributed by atoms with Crippen molar-refractivity contribution < 1.29 is 19.1 Å². The predicted molar refractivity (Wildman–Crippen MR) is 116 cm³/mol. The maximum absolute atomic E-state index is 13.2. The highest BCUT2D eigenvalue weighted by atomic mass is 16.5. The number of nitrogens with one attached hydrogen (secondary N) is 1. The molecule has 1 atom stereocenters. The number of ketones is 1. The minimum Gasteiger partial charge on any atom is -0.497 e. The Bertz CT molecular complexity index is 1120. The van der Waals surface area contributed by atoms with Gasteiger partial charge in [0.1, 0.15) is 5.75 Å². The molecule has 4 rings (SSSR count). The average molecular weight is 405 g/mol. The van der Waals surface area contributed by atoms with Crippen molar-refractivity contribution in [2.24, 2.45) is 5.41 Å². The summed E-state index contributed by atoms with van der Waals surface area (Å²) in [6, 6.07) is 11.9. The van der Waals surface area contributed by atoms with Gasteiger partial charge in [0.15, 0.2) is 5.78 Å². The van der Waals surface area contributed by atoms with Crippen LogP contribution in [0.1, 0.15) is 45.1 Å². The maximum Gasteiger partial charge on any atom is 0.336 e. The molecule has 0 radical (unpaired) electrons. The molecule has 1 aliphatic heterocycles. The molecule has 0 spiro atoms. The SMILES string of the molecule is COC(=O)C1=C(C)NC2=C(C(=O)CC(C)(C)C2)[C@@H]1c1ccc2cc(OC)ccc2c1. The Labute approximate surface area is 176 Å². The Hall–Kier alpha value is -3.08. The second-order valence-corrected chi connectivity index (χ2v) is 8.89. The van der Waals surface area contributed by atoms with Crippen LogP contribution in [0.4, 0.5) is 0 Å². The quantitative estimate of drug-likeness (QED) is 0.755. The highest BCUT2D eigenvalue weighted by Crippen LogP contribution is 2.47. The number of methoxy groups -OCH3 is 2. The van der Waals surface area contributed by atoms with Crippen molar-refractivity contribution in [3.05, 3.63) is 64.5 Å². The molecule has 2 aromatic rings. The lowest BCUT2D eigenvalue weighted by Gasteiger charge is -2.39. The van der Waals surface area contributed by atoms with E-state index in [9.17, 15) is 9.59 Å². The van der Waals surface area contributed by atoms with E-state index < -0.39 is 11.9 Å². The van der Waals surface area contributed by atoms with E-state index in [2.05, 4.69) is 25.2 Å². The van der Waals surface area contributed by atoms with Crippen LogP contribution in [0.3, 0.4) is 0 Å². The Morgan fingerprint density at radius 2 is 1.77 bits per heavy atom. The first kappa shape index (κ1) is 20.2. The number of carbonyl (C=O) groups is 2. The zero-order valence-electron chi connectivity index (χ0n) is 18.1. The molecule has 1 aliphatic carbocycles. The lowest BCUT2D eigenvalue weighted by Crippen LogP contribution is -2.38. The molecular weight excluding hydrogens is 378 g/mol. The molecule has 2 aromatic carbocycles. The molecule has 5 nitrogen and oxygen atoms in total. The van der Waals surface area contributed by atoms with Crippen molar-refractivity contribution in [2.75, 3.05) is 14.2 Å². The summed E-state index contributed by atoms with van der Waals surface area (Å²) in [4.78, 5) is 26.0. The van der Waals surface area contributed by atoms with Crippen molar-refractivity contribution in [2.45, 2.75) is 39.5 Å². The lowest BCUT2D eigenvalue weighted by molar-refractivity contribution is -0.136. The second kappa shape index (κ2) is 7.31. The first-order valence-electron chi connectivity index (χ1n) is 10.1. The Kier molecular flexibility index (Phi) is 4.92. The summed E-state index contributed by atoms with van der Waals surface area (Å²) in [6.45, 7) is 6.08. The molecule has 156 valence electrons. The monoisotopic (exact) mass is 405 g/mol. The largest absolute Gasteiger partial charge is 0.497 e. The van der Waals surface area contributed by atoms with Crippen LogP contribution >= 0.6 is 0 Å². The third kappa shape index (κ3) is 3.38. The van der Waals surface area contributed by atoms with Gasteiger partial charge in [-0.2, -0.15) is 0 Å². The number of dihydropyridines is 1. The van der Waals surface area contributed by atoms with Crippen molar-refractivity contribution in [3.8, 4) is 5.75 Å². The number of hydrogen-bond acceptors (Lipinski definition) is 5. The van der Waals surface area contributed by atoms with Gasteiger partial charge in [-0.25, -0.2) is 4.79 Å². The number of ether oxygens (including phenoxy) is 2. The molecule has 1 heterocycles. The third-order valence-electron chi connectivity index (χ3n) is 6.05. The standard InChI is InChI=1S/C25H27NO4/c1-14-21(24(28)30-5)22(23-19(26-14)12-25(2,3)13-20(23)27)17-7-6-16-11-18(29-4)9-8-15(16)10-17/h6-11,22,26H,12-13H2,1-5H3/t22-/m1/s1. The van der Waals surface area contributed by atoms with Crippen molar-refractivity contribution in [1.29, 1.82) is 0 Å². The molecule has 1 N–H and O–H groups in total. The molecule has 0 fully saturated rings. The number of carbonyl (C=O) groups excluding carboxylic acids is 2. The van der Waals surface area contributed by atoms with E-state index >= 15 is 0 Å². The zero-order valence-corrected chi connectivity index (χ0v) is 18.1. The zero-order chi connectivity index (χ0) is 21.6. The van der Waals surface area contributed by atoms with Gasteiger partial charge in [-0.15, -0.1) is 0 Å². The molecular formula is C25H27NO4. The number of Topliss-reactive ketones (excluding diaryl/α,β-unsaturated/α-hetero) is 1. The van der Waals surface area contributed by atoms with Gasteiger partial charge in [-0.1, -0.05) is 38.1 Å². The summed E-state index contributed by atoms with van der Waals surface area (Å²) in [7, 11) is 3.02. The first-order valence-corrected chi connectivity index (χ1v) is 10.1. The topological polar surface area (TPSA) is 64.6 Å². The minimum absolute atomic E-state index is 0.0856. The summed E-state index contributed by atoms with van der Waals surface area (Å²) >= 11 is 0. The van der Waals surface area contributed by atoms with Gasteiger partial charge in [-0.3, -0.25) is 4.79 Å². The van der Waals surface area contributed by atoms with Crippen LogP contribution in [0.2, 0.25) is 0 Å². The molecule has 0 saturated carbocycles. The van der Waals surface area contributed by atoms with E-state index in [0.717, 1.165) is 39.9 Å². The first-order chi connectivity index (χ1) is 14.2. The van der Waals surface area contributed by atoms with Gasteiger partial charge in [0.05, 0.1) is 19.8 Å². The maximum atomic E-state index is 13.2. The Morgan fingerprint density at radius 3 is 2.47 bits per heavy atom. The lowest BCUT2D eigenvalue weighted by atomic mass is 9.68. The van der Waals surface area contributed by atoms with Gasteiger partial charge in [0.25, 0.3) is 0 Å². The molecule has 0 saturated heterocycles. The molecule has 5 heteroatoms. The van der Waals surface area contributed by atoms with Crippen molar-refractivity contribution >= 4 is 22.5 Å². The second-order valence-electron chi connectivity index (χ2n) is 8.89. The van der Waals surface area contributed by atoms with Crippen LogP contribution in [0, 0.1) is 5.41 Å². The van der Waals surface area contributed by atoms with E-state index in [1.165, 1.54) is 7.11 Å². The normalized spacial score (nSPS) is 20.7. The molecule has 0 unspecified atom stereocenters. The van der Waals surface area contributed by atoms with Gasteiger partial charge in [-0.05, 0) is 47.2 Å². The number of rotatable bonds is 3. The molecule has 0 bridgehead atoms. The third-order valence-corrected chi connectivity index (χ3v) is 6.05. The van der Waals surface area contributed by atoms with Gasteiger partial charge >= 0.3 is 5.97 Å².